The van der Waals surface area contributed by atoms with Gasteiger partial charge in [0.1, 0.15) is 6.33 Å². The van der Waals surface area contributed by atoms with E-state index in [0.29, 0.717) is 41.1 Å². The molecule has 0 unspecified atom stereocenters. The number of Topliss-reactive ketones (excluding diaryl/α,β-unsaturated/α-hetero) is 1. The molecule has 0 radical (unpaired) electrons. The lowest BCUT2D eigenvalue weighted by atomic mass is 10.1. The molecule has 1 aliphatic heterocycles. The number of carboxylic acids is 1. The molecule has 204 valence electrons. The van der Waals surface area contributed by atoms with Crippen LogP contribution in [0.4, 0.5) is 0 Å². The van der Waals surface area contributed by atoms with Crippen molar-refractivity contribution in [3.63, 3.8) is 0 Å². The number of aliphatic carboxylic acids is 1. The molecule has 0 atom stereocenters. The molecule has 12 nitrogen and oxygen atoms in total. The number of carbonyl (C=O) groups is 4. The molecule has 0 saturated carbocycles. The molecule has 1 fully saturated rings. The number of ketones is 1. The Balaban J connectivity index is 1.37. The van der Waals surface area contributed by atoms with E-state index in [2.05, 4.69) is 21.5 Å². The fourth-order valence-electron chi connectivity index (χ4n) is 4.64. The largest absolute Gasteiger partial charge is 0.481 e. The van der Waals surface area contributed by atoms with Crippen LogP contribution in [0.1, 0.15) is 32.8 Å². The van der Waals surface area contributed by atoms with Crippen molar-refractivity contribution in [3.8, 4) is 11.6 Å². The quantitative estimate of drug-likeness (QED) is 0.186. The summed E-state index contributed by atoms with van der Waals surface area (Å²) in [5, 5.41) is 9.29. The van der Waals surface area contributed by atoms with E-state index in [9.17, 15) is 19.2 Å². The zero-order valence-corrected chi connectivity index (χ0v) is 21.4. The minimum absolute atomic E-state index is 0.0656. The van der Waals surface area contributed by atoms with Crippen molar-refractivity contribution >= 4 is 34.5 Å². The van der Waals surface area contributed by atoms with Gasteiger partial charge in [0.05, 0.1) is 41.0 Å². The number of amides is 2. The first-order chi connectivity index (χ1) is 19.4. The molecule has 2 N–H and O–H groups in total. The van der Waals surface area contributed by atoms with Gasteiger partial charge in [0.25, 0.3) is 17.6 Å². The number of aromatic nitrogens is 4. The summed E-state index contributed by atoms with van der Waals surface area (Å²) in [5.74, 6) is -1.84. The SMILES string of the molecule is C=COc1cnc(-n2cnc(CCC(=O)O)c2)c2[nH]cc(C(=O)C(=O)N3CCN(C(=O)c4ccccc4)CC3)c12. The van der Waals surface area contributed by atoms with Crippen LogP contribution in [0.5, 0.6) is 5.75 Å². The van der Waals surface area contributed by atoms with Crippen LogP contribution in [-0.4, -0.2) is 84.2 Å². The van der Waals surface area contributed by atoms with Crippen molar-refractivity contribution < 1.29 is 29.0 Å². The third kappa shape index (κ3) is 5.19. The molecular formula is C28H26N6O6. The number of piperazine rings is 1. The van der Waals surface area contributed by atoms with Crippen LogP contribution in [-0.2, 0) is 16.0 Å². The minimum atomic E-state index is -0.928. The molecule has 0 aliphatic carbocycles. The molecule has 1 aliphatic rings. The number of rotatable bonds is 9. The number of carboxylic acid groups (broad SMARTS) is 1. The van der Waals surface area contributed by atoms with Crippen molar-refractivity contribution in [2.45, 2.75) is 12.8 Å². The van der Waals surface area contributed by atoms with Gasteiger partial charge in [0.15, 0.2) is 11.6 Å². The van der Waals surface area contributed by atoms with Gasteiger partial charge in [-0.3, -0.25) is 23.7 Å². The summed E-state index contributed by atoms with van der Waals surface area (Å²) >= 11 is 0. The molecule has 1 aromatic carbocycles. The van der Waals surface area contributed by atoms with E-state index in [4.69, 9.17) is 9.84 Å². The van der Waals surface area contributed by atoms with E-state index < -0.39 is 17.7 Å². The van der Waals surface area contributed by atoms with E-state index in [1.165, 1.54) is 29.9 Å². The van der Waals surface area contributed by atoms with E-state index in [0.717, 1.165) is 0 Å². The van der Waals surface area contributed by atoms with E-state index in [1.807, 2.05) is 6.07 Å². The topological polar surface area (TPSA) is 151 Å². The Morgan fingerprint density at radius 1 is 1.05 bits per heavy atom. The number of carbonyl (C=O) groups excluding carboxylic acids is 3. The predicted molar refractivity (Wildman–Crippen MR) is 143 cm³/mol. The van der Waals surface area contributed by atoms with Crippen LogP contribution in [0.3, 0.4) is 0 Å². The summed E-state index contributed by atoms with van der Waals surface area (Å²) < 4.78 is 7.11. The van der Waals surface area contributed by atoms with Crippen LogP contribution >= 0.6 is 0 Å². The molecule has 0 spiro atoms. The highest BCUT2D eigenvalue weighted by Crippen LogP contribution is 2.32. The maximum Gasteiger partial charge on any atom is 0.303 e. The maximum atomic E-state index is 13.4. The highest BCUT2D eigenvalue weighted by molar-refractivity contribution is 6.45. The first kappa shape index (κ1) is 26.4. The molecular weight excluding hydrogens is 516 g/mol. The first-order valence-electron chi connectivity index (χ1n) is 12.6. The average molecular weight is 543 g/mol. The van der Waals surface area contributed by atoms with Crippen molar-refractivity contribution in [2.75, 3.05) is 26.2 Å². The number of imidazole rings is 1. The summed E-state index contributed by atoms with van der Waals surface area (Å²) in [4.78, 5) is 65.2. The highest BCUT2D eigenvalue weighted by atomic mass is 16.5. The Kier molecular flexibility index (Phi) is 7.40. The van der Waals surface area contributed by atoms with Gasteiger partial charge in [-0.25, -0.2) is 9.97 Å². The maximum absolute atomic E-state index is 13.4. The van der Waals surface area contributed by atoms with Crippen LogP contribution in [0, 0.1) is 0 Å². The summed E-state index contributed by atoms with van der Waals surface area (Å²) in [7, 11) is 0. The number of nitrogens with zero attached hydrogens (tertiary/aromatic N) is 5. The second-order valence-electron chi connectivity index (χ2n) is 9.13. The molecule has 5 rings (SSSR count). The number of aryl methyl sites for hydroxylation is 1. The number of aromatic amines is 1. The van der Waals surface area contributed by atoms with Crippen LogP contribution in [0.2, 0.25) is 0 Å². The molecule has 4 aromatic rings. The third-order valence-corrected chi connectivity index (χ3v) is 6.65. The summed E-state index contributed by atoms with van der Waals surface area (Å²) in [6.45, 7) is 4.65. The molecule has 40 heavy (non-hydrogen) atoms. The number of hydrogen-bond donors (Lipinski definition) is 2. The van der Waals surface area contributed by atoms with Crippen molar-refractivity contribution in [3.05, 3.63) is 84.9 Å². The lowest BCUT2D eigenvalue weighted by Gasteiger charge is -2.34. The summed E-state index contributed by atoms with van der Waals surface area (Å²) in [6, 6.07) is 8.91. The van der Waals surface area contributed by atoms with Gasteiger partial charge in [-0.2, -0.15) is 0 Å². The number of nitrogens with one attached hydrogen (secondary N) is 1. The van der Waals surface area contributed by atoms with Gasteiger partial charge in [0.2, 0.25) is 0 Å². The zero-order chi connectivity index (χ0) is 28.2. The van der Waals surface area contributed by atoms with Gasteiger partial charge < -0.3 is 24.6 Å². The minimum Gasteiger partial charge on any atom is -0.481 e. The zero-order valence-electron chi connectivity index (χ0n) is 21.4. The fraction of sp³-hybridized carbons (Fsp3) is 0.214. The number of fused-ring (bicyclic) bond motifs is 1. The van der Waals surface area contributed by atoms with Crippen LogP contribution < -0.4 is 4.74 Å². The molecule has 4 heterocycles. The number of H-pyrrole nitrogens is 1. The van der Waals surface area contributed by atoms with E-state index >= 15 is 0 Å². The Morgan fingerprint density at radius 3 is 2.48 bits per heavy atom. The average Bonchev–Trinajstić information content (AvgIpc) is 3.64. The second kappa shape index (κ2) is 11.2. The smallest absolute Gasteiger partial charge is 0.303 e. The van der Waals surface area contributed by atoms with Gasteiger partial charge in [-0.15, -0.1) is 0 Å². The van der Waals surface area contributed by atoms with Crippen LogP contribution in [0.25, 0.3) is 16.7 Å². The van der Waals surface area contributed by atoms with Crippen LogP contribution in [0.15, 0.2) is 68.1 Å². The van der Waals surface area contributed by atoms with Crippen molar-refractivity contribution in [1.29, 1.82) is 0 Å². The number of hydrogen-bond acceptors (Lipinski definition) is 7. The Labute approximate surface area is 228 Å². The van der Waals surface area contributed by atoms with E-state index in [-0.39, 0.29) is 43.2 Å². The molecule has 3 aromatic heterocycles. The van der Waals surface area contributed by atoms with E-state index in [1.54, 1.807) is 39.9 Å². The Bertz CT molecular complexity index is 1600. The summed E-state index contributed by atoms with van der Waals surface area (Å²) in [6.07, 6.45) is 7.38. The van der Waals surface area contributed by atoms with Gasteiger partial charge in [0, 0.05) is 50.6 Å². The molecule has 12 heteroatoms. The van der Waals surface area contributed by atoms with Gasteiger partial charge in [-0.1, -0.05) is 24.8 Å². The lowest BCUT2D eigenvalue weighted by Crippen LogP contribution is -2.52. The monoisotopic (exact) mass is 542 g/mol. The first-order valence-corrected chi connectivity index (χ1v) is 12.6. The van der Waals surface area contributed by atoms with Crippen molar-refractivity contribution in [1.82, 2.24) is 29.3 Å². The third-order valence-electron chi connectivity index (χ3n) is 6.65. The number of benzene rings is 1. The second-order valence-corrected chi connectivity index (χ2v) is 9.13. The van der Waals surface area contributed by atoms with Crippen molar-refractivity contribution in [2.24, 2.45) is 0 Å². The number of ether oxygens (including phenoxy) is 1. The Morgan fingerprint density at radius 2 is 1.77 bits per heavy atom. The Hall–Kier alpha value is -5.26. The van der Waals surface area contributed by atoms with Gasteiger partial charge >= 0.3 is 5.97 Å². The molecule has 2 amide bonds. The summed E-state index contributed by atoms with van der Waals surface area (Å²) in [5.41, 5.74) is 1.67. The van der Waals surface area contributed by atoms with Gasteiger partial charge in [-0.05, 0) is 12.1 Å². The lowest BCUT2D eigenvalue weighted by molar-refractivity contribution is -0.137. The molecule has 0 bridgehead atoms. The number of pyridine rings is 1. The normalized spacial score (nSPS) is 13.3. The fourth-order valence-corrected chi connectivity index (χ4v) is 4.64. The highest BCUT2D eigenvalue weighted by Gasteiger charge is 2.31. The molecule has 1 saturated heterocycles. The standard InChI is InChI=1S/C28H26N6O6/c1-2-40-21-15-30-26(34-16-19(31-17-34)8-9-22(35)36)24-23(21)20(14-29-24)25(37)28(39)33-12-10-32(11-13-33)27(38)18-6-4-3-5-7-18/h2-7,14-17,29H,1,8-13H2,(H,35,36). The predicted octanol–water partition coefficient (Wildman–Crippen LogP) is 2.46.